The van der Waals surface area contributed by atoms with Crippen LogP contribution in [0.4, 0.5) is 0 Å². The summed E-state index contributed by atoms with van der Waals surface area (Å²) in [6, 6.07) is 9.33. The van der Waals surface area contributed by atoms with Crippen molar-refractivity contribution in [2.45, 2.75) is 42.3 Å². The molecule has 0 radical (unpaired) electrons. The van der Waals surface area contributed by atoms with Gasteiger partial charge in [0.25, 0.3) is 0 Å². The minimum absolute atomic E-state index is 0.714. The molecule has 21 heavy (non-hydrogen) atoms. The van der Waals surface area contributed by atoms with Crippen LogP contribution in [0.1, 0.15) is 24.1 Å². The first-order valence-corrected chi connectivity index (χ1v) is 8.91. The Morgan fingerprint density at radius 2 is 2.33 bits per heavy atom. The maximum Gasteiger partial charge on any atom is 0.194 e. The summed E-state index contributed by atoms with van der Waals surface area (Å²) in [6.45, 7) is 3.03. The average Bonchev–Trinajstić information content (AvgIpc) is 3.08. The van der Waals surface area contributed by atoms with Crippen LogP contribution in [0.25, 0.3) is 4.96 Å². The van der Waals surface area contributed by atoms with Gasteiger partial charge in [0.15, 0.2) is 4.96 Å². The molecule has 5 heteroatoms. The Balaban J connectivity index is 1.65. The van der Waals surface area contributed by atoms with Crippen LogP contribution in [0.5, 0.6) is 0 Å². The summed E-state index contributed by atoms with van der Waals surface area (Å²) >= 11 is 3.46. The SMILES string of the molecule is Cc1cccc(Sc2nc3sccn3c2CNC2CC2)c1. The number of imidazole rings is 1. The van der Waals surface area contributed by atoms with Gasteiger partial charge in [0.2, 0.25) is 0 Å². The quantitative estimate of drug-likeness (QED) is 0.768. The van der Waals surface area contributed by atoms with Gasteiger partial charge in [-0.15, -0.1) is 11.3 Å². The molecule has 2 aromatic heterocycles. The Morgan fingerprint density at radius 1 is 1.43 bits per heavy atom. The van der Waals surface area contributed by atoms with Crippen LogP contribution >= 0.6 is 23.1 Å². The summed E-state index contributed by atoms with van der Waals surface area (Å²) in [4.78, 5) is 7.14. The van der Waals surface area contributed by atoms with Gasteiger partial charge in [-0.3, -0.25) is 4.40 Å². The first kappa shape index (κ1) is 13.4. The van der Waals surface area contributed by atoms with Crippen molar-refractivity contribution in [3.8, 4) is 0 Å². The molecule has 0 amide bonds. The second kappa shape index (κ2) is 5.48. The van der Waals surface area contributed by atoms with Gasteiger partial charge in [0, 0.05) is 29.1 Å². The normalized spacial score (nSPS) is 14.9. The van der Waals surface area contributed by atoms with E-state index in [2.05, 4.69) is 52.5 Å². The fraction of sp³-hybridized carbons (Fsp3) is 0.312. The molecule has 108 valence electrons. The highest BCUT2D eigenvalue weighted by molar-refractivity contribution is 7.99. The zero-order valence-electron chi connectivity index (χ0n) is 11.9. The zero-order chi connectivity index (χ0) is 14.2. The molecule has 1 saturated carbocycles. The molecule has 3 nitrogen and oxygen atoms in total. The van der Waals surface area contributed by atoms with Crippen molar-refractivity contribution in [2.75, 3.05) is 0 Å². The fourth-order valence-corrected chi connectivity index (χ4v) is 4.20. The maximum atomic E-state index is 4.80. The molecule has 0 aliphatic heterocycles. The van der Waals surface area contributed by atoms with Crippen LogP contribution in [-0.4, -0.2) is 15.4 Å². The maximum absolute atomic E-state index is 4.80. The standard InChI is InChI=1S/C16H17N3S2/c1-11-3-2-4-13(9-11)21-15-14(10-17-12-5-6-12)19-7-8-20-16(19)18-15/h2-4,7-9,12,17H,5-6,10H2,1H3. The van der Waals surface area contributed by atoms with E-state index in [4.69, 9.17) is 4.98 Å². The van der Waals surface area contributed by atoms with Crippen LogP contribution in [0, 0.1) is 6.92 Å². The van der Waals surface area contributed by atoms with Crippen molar-refractivity contribution in [3.63, 3.8) is 0 Å². The molecule has 0 bridgehead atoms. The van der Waals surface area contributed by atoms with Gasteiger partial charge in [0.05, 0.1) is 5.69 Å². The fourth-order valence-electron chi connectivity index (χ4n) is 2.37. The molecule has 2 heterocycles. The Labute approximate surface area is 132 Å². The predicted molar refractivity (Wildman–Crippen MR) is 88.2 cm³/mol. The van der Waals surface area contributed by atoms with Gasteiger partial charge < -0.3 is 5.32 Å². The van der Waals surface area contributed by atoms with E-state index in [-0.39, 0.29) is 0 Å². The van der Waals surface area contributed by atoms with Crippen molar-refractivity contribution in [2.24, 2.45) is 0 Å². The first-order valence-electron chi connectivity index (χ1n) is 7.22. The van der Waals surface area contributed by atoms with Gasteiger partial charge in [-0.05, 0) is 31.9 Å². The highest BCUT2D eigenvalue weighted by Gasteiger charge is 2.22. The van der Waals surface area contributed by atoms with E-state index in [1.54, 1.807) is 23.1 Å². The van der Waals surface area contributed by atoms with E-state index in [0.717, 1.165) is 16.5 Å². The summed E-state index contributed by atoms with van der Waals surface area (Å²) in [6.07, 6.45) is 4.75. The number of aryl methyl sites for hydroxylation is 1. The highest BCUT2D eigenvalue weighted by atomic mass is 32.2. The van der Waals surface area contributed by atoms with Crippen LogP contribution < -0.4 is 5.32 Å². The Morgan fingerprint density at radius 3 is 3.14 bits per heavy atom. The van der Waals surface area contributed by atoms with E-state index < -0.39 is 0 Å². The second-order valence-corrected chi connectivity index (χ2v) is 7.43. The molecule has 0 spiro atoms. The molecule has 0 saturated heterocycles. The topological polar surface area (TPSA) is 29.3 Å². The lowest BCUT2D eigenvalue weighted by molar-refractivity contribution is 0.661. The van der Waals surface area contributed by atoms with Crippen molar-refractivity contribution < 1.29 is 0 Å². The van der Waals surface area contributed by atoms with Crippen molar-refractivity contribution in [3.05, 3.63) is 47.1 Å². The third-order valence-electron chi connectivity index (χ3n) is 3.66. The van der Waals surface area contributed by atoms with E-state index in [1.807, 2.05) is 0 Å². The van der Waals surface area contributed by atoms with Gasteiger partial charge >= 0.3 is 0 Å². The van der Waals surface area contributed by atoms with Crippen LogP contribution in [-0.2, 0) is 6.54 Å². The molecule has 1 aliphatic rings. The van der Waals surface area contributed by atoms with E-state index in [1.165, 1.54) is 29.0 Å². The van der Waals surface area contributed by atoms with Crippen molar-refractivity contribution >= 4 is 28.1 Å². The molecule has 1 N–H and O–H groups in total. The average molecular weight is 315 g/mol. The van der Waals surface area contributed by atoms with Gasteiger partial charge in [-0.25, -0.2) is 4.98 Å². The molecule has 0 atom stereocenters. The summed E-state index contributed by atoms with van der Waals surface area (Å²) in [7, 11) is 0. The third-order valence-corrected chi connectivity index (χ3v) is 5.43. The van der Waals surface area contributed by atoms with Gasteiger partial charge in [0.1, 0.15) is 5.03 Å². The predicted octanol–water partition coefficient (Wildman–Crippen LogP) is 4.11. The summed E-state index contributed by atoms with van der Waals surface area (Å²) in [5.41, 5.74) is 2.57. The third kappa shape index (κ3) is 2.86. The summed E-state index contributed by atoms with van der Waals surface area (Å²) < 4.78 is 2.22. The second-order valence-electron chi connectivity index (χ2n) is 5.49. The van der Waals surface area contributed by atoms with Crippen molar-refractivity contribution in [1.82, 2.24) is 14.7 Å². The lowest BCUT2D eigenvalue weighted by Gasteiger charge is -2.06. The number of fused-ring (bicyclic) bond motifs is 1. The molecular formula is C16H17N3S2. The first-order chi connectivity index (χ1) is 10.3. The summed E-state index contributed by atoms with van der Waals surface area (Å²) in [5.74, 6) is 0. The number of thiazole rings is 1. The molecular weight excluding hydrogens is 298 g/mol. The highest BCUT2D eigenvalue weighted by Crippen LogP contribution is 2.32. The molecule has 1 fully saturated rings. The van der Waals surface area contributed by atoms with Crippen LogP contribution in [0.15, 0.2) is 45.8 Å². The number of aromatic nitrogens is 2. The minimum Gasteiger partial charge on any atom is -0.308 e. The van der Waals surface area contributed by atoms with E-state index in [9.17, 15) is 0 Å². The molecule has 0 unspecified atom stereocenters. The van der Waals surface area contributed by atoms with Crippen LogP contribution in [0.3, 0.4) is 0 Å². The lowest BCUT2D eigenvalue weighted by atomic mass is 10.2. The van der Waals surface area contributed by atoms with Crippen LogP contribution in [0.2, 0.25) is 0 Å². The van der Waals surface area contributed by atoms with E-state index in [0.29, 0.717) is 6.04 Å². The molecule has 1 aliphatic carbocycles. The van der Waals surface area contributed by atoms with Gasteiger partial charge in [-0.2, -0.15) is 0 Å². The lowest BCUT2D eigenvalue weighted by Crippen LogP contribution is -2.16. The number of nitrogens with zero attached hydrogens (tertiary/aromatic N) is 2. The Bertz CT molecular complexity index is 771. The van der Waals surface area contributed by atoms with Gasteiger partial charge in [-0.1, -0.05) is 29.5 Å². The molecule has 1 aromatic carbocycles. The number of rotatable bonds is 5. The number of hydrogen-bond donors (Lipinski definition) is 1. The smallest absolute Gasteiger partial charge is 0.194 e. The minimum atomic E-state index is 0.714. The Kier molecular flexibility index (Phi) is 3.49. The number of benzene rings is 1. The zero-order valence-corrected chi connectivity index (χ0v) is 13.5. The molecule has 4 rings (SSSR count). The van der Waals surface area contributed by atoms with Crippen molar-refractivity contribution in [1.29, 1.82) is 0 Å². The monoisotopic (exact) mass is 315 g/mol. The number of nitrogens with one attached hydrogen (secondary N) is 1. The summed E-state index contributed by atoms with van der Waals surface area (Å²) in [5, 5.41) is 6.84. The van der Waals surface area contributed by atoms with E-state index >= 15 is 0 Å². The Hall–Kier alpha value is -1.30. The molecule has 3 aromatic rings. The number of hydrogen-bond acceptors (Lipinski definition) is 4. The largest absolute Gasteiger partial charge is 0.308 e.